The van der Waals surface area contributed by atoms with Crippen molar-refractivity contribution in [3.63, 3.8) is 0 Å². The maximum Gasteiger partial charge on any atom is 0.0701 e. The molecule has 0 radical (unpaired) electrons. The summed E-state index contributed by atoms with van der Waals surface area (Å²) in [6.45, 7) is 4.57. The third kappa shape index (κ3) is 5.01. The molecule has 0 aliphatic rings. The summed E-state index contributed by atoms with van der Waals surface area (Å²) in [4.78, 5) is 1.58. The van der Waals surface area contributed by atoms with Crippen LogP contribution in [0.2, 0.25) is 0 Å². The first-order valence-electron chi connectivity index (χ1n) is 6.53. The fraction of sp³-hybridized carbons (Fsp3) is 0.714. The van der Waals surface area contributed by atoms with Gasteiger partial charge in [-0.3, -0.25) is 0 Å². The molecule has 0 aromatic carbocycles. The summed E-state index contributed by atoms with van der Waals surface area (Å²) in [6.07, 6.45) is 9.53. The minimum Gasteiger partial charge on any atom is -0.133 e. The van der Waals surface area contributed by atoms with E-state index in [1.807, 2.05) is 11.3 Å². The molecule has 1 rings (SSSR count). The van der Waals surface area contributed by atoms with Gasteiger partial charge < -0.3 is 0 Å². The van der Waals surface area contributed by atoms with Crippen molar-refractivity contribution in [2.24, 2.45) is 0 Å². The van der Waals surface area contributed by atoms with Crippen molar-refractivity contribution in [3.8, 4) is 0 Å². The molecule has 1 heterocycles. The molecule has 92 valence electrons. The molecule has 0 aliphatic heterocycles. The van der Waals surface area contributed by atoms with Gasteiger partial charge in [-0.25, -0.2) is 0 Å². The quantitative estimate of drug-likeness (QED) is 0.490. The van der Waals surface area contributed by atoms with Crippen LogP contribution in [-0.2, 0) is 0 Å². The highest BCUT2D eigenvalue weighted by Crippen LogP contribution is 2.34. The first-order valence-corrected chi connectivity index (χ1v) is 8.14. The number of hydrogen-bond acceptors (Lipinski definition) is 1. The predicted octanol–water partition coefficient (Wildman–Crippen LogP) is 6.36. The third-order valence-corrected chi connectivity index (χ3v) is 4.84. The number of thiophene rings is 1. The Balaban J connectivity index is 2.49. The summed E-state index contributed by atoms with van der Waals surface area (Å²) in [5.74, 6) is 0.808. The first kappa shape index (κ1) is 14.2. The molecule has 2 heteroatoms. The highest BCUT2D eigenvalue weighted by Gasteiger charge is 2.12. The zero-order chi connectivity index (χ0) is 11.8. The van der Waals surface area contributed by atoms with Crippen molar-refractivity contribution in [1.29, 1.82) is 0 Å². The van der Waals surface area contributed by atoms with Crippen LogP contribution in [-0.4, -0.2) is 0 Å². The Hall–Kier alpha value is 0.180. The molecule has 1 atom stereocenters. The van der Waals surface area contributed by atoms with Gasteiger partial charge in [0.05, 0.1) is 3.79 Å². The van der Waals surface area contributed by atoms with Crippen LogP contribution in [0.4, 0.5) is 0 Å². The SMILES string of the molecule is CCCCCC(CCCC)c1ccc(Br)s1. The van der Waals surface area contributed by atoms with E-state index in [0.717, 1.165) is 5.92 Å². The van der Waals surface area contributed by atoms with Gasteiger partial charge in [-0.05, 0) is 46.8 Å². The lowest BCUT2D eigenvalue weighted by Gasteiger charge is -2.14. The van der Waals surface area contributed by atoms with Crippen LogP contribution >= 0.6 is 27.3 Å². The molecule has 1 aromatic rings. The zero-order valence-corrected chi connectivity index (χ0v) is 12.9. The Morgan fingerprint density at radius 3 is 2.31 bits per heavy atom. The third-order valence-electron chi connectivity index (χ3n) is 3.06. The largest absolute Gasteiger partial charge is 0.133 e. The van der Waals surface area contributed by atoms with Crippen LogP contribution in [0, 0.1) is 0 Å². The summed E-state index contributed by atoms with van der Waals surface area (Å²) in [6, 6.07) is 4.50. The average molecular weight is 303 g/mol. The van der Waals surface area contributed by atoms with Crippen molar-refractivity contribution in [3.05, 3.63) is 20.8 Å². The van der Waals surface area contributed by atoms with E-state index in [9.17, 15) is 0 Å². The zero-order valence-electron chi connectivity index (χ0n) is 10.5. The van der Waals surface area contributed by atoms with E-state index in [1.54, 1.807) is 4.88 Å². The Kier molecular flexibility index (Phi) is 7.39. The van der Waals surface area contributed by atoms with Gasteiger partial charge in [-0.1, -0.05) is 46.0 Å². The molecular formula is C14H23BrS. The Morgan fingerprint density at radius 2 is 1.75 bits per heavy atom. The Labute approximate surface area is 113 Å². The van der Waals surface area contributed by atoms with Crippen molar-refractivity contribution in [2.75, 3.05) is 0 Å². The fourth-order valence-corrected chi connectivity index (χ4v) is 3.66. The molecular weight excluding hydrogens is 280 g/mol. The second kappa shape index (κ2) is 8.30. The topological polar surface area (TPSA) is 0 Å². The van der Waals surface area contributed by atoms with Gasteiger partial charge in [-0.2, -0.15) is 0 Å². The van der Waals surface area contributed by atoms with Crippen LogP contribution in [0.25, 0.3) is 0 Å². The molecule has 0 nitrogen and oxygen atoms in total. The van der Waals surface area contributed by atoms with Gasteiger partial charge in [0, 0.05) is 4.88 Å². The van der Waals surface area contributed by atoms with Gasteiger partial charge in [-0.15, -0.1) is 11.3 Å². The lowest BCUT2D eigenvalue weighted by atomic mass is 9.94. The smallest absolute Gasteiger partial charge is 0.0701 e. The fourth-order valence-electron chi connectivity index (χ4n) is 2.07. The molecule has 0 saturated heterocycles. The summed E-state index contributed by atoms with van der Waals surface area (Å²) in [7, 11) is 0. The van der Waals surface area contributed by atoms with Gasteiger partial charge in [0.2, 0.25) is 0 Å². The normalized spacial score (nSPS) is 12.9. The van der Waals surface area contributed by atoms with Crippen molar-refractivity contribution in [1.82, 2.24) is 0 Å². The molecule has 1 aromatic heterocycles. The molecule has 0 fully saturated rings. The number of halogens is 1. The van der Waals surface area contributed by atoms with Crippen molar-refractivity contribution >= 4 is 27.3 Å². The summed E-state index contributed by atoms with van der Waals surface area (Å²) >= 11 is 5.49. The second-order valence-corrected chi connectivity index (χ2v) is 6.97. The summed E-state index contributed by atoms with van der Waals surface area (Å²) in [5.41, 5.74) is 0. The van der Waals surface area contributed by atoms with Crippen LogP contribution in [0.1, 0.15) is 69.6 Å². The second-order valence-electron chi connectivity index (χ2n) is 4.48. The molecule has 0 N–H and O–H groups in total. The van der Waals surface area contributed by atoms with E-state index in [4.69, 9.17) is 0 Å². The van der Waals surface area contributed by atoms with Gasteiger partial charge >= 0.3 is 0 Å². The number of rotatable bonds is 8. The van der Waals surface area contributed by atoms with E-state index < -0.39 is 0 Å². The lowest BCUT2D eigenvalue weighted by Crippen LogP contribution is -1.96. The Bertz CT molecular complexity index is 280. The van der Waals surface area contributed by atoms with E-state index in [-0.39, 0.29) is 0 Å². The van der Waals surface area contributed by atoms with Crippen LogP contribution in [0.15, 0.2) is 15.9 Å². The minimum atomic E-state index is 0.808. The monoisotopic (exact) mass is 302 g/mol. The van der Waals surface area contributed by atoms with Gasteiger partial charge in [0.25, 0.3) is 0 Å². The van der Waals surface area contributed by atoms with Crippen molar-refractivity contribution < 1.29 is 0 Å². The van der Waals surface area contributed by atoms with Crippen molar-refractivity contribution in [2.45, 2.75) is 64.7 Å². The first-order chi connectivity index (χ1) is 7.77. The average Bonchev–Trinajstić information content (AvgIpc) is 2.70. The molecule has 0 bridgehead atoms. The van der Waals surface area contributed by atoms with Crippen LogP contribution in [0.3, 0.4) is 0 Å². The number of unbranched alkanes of at least 4 members (excludes halogenated alkanes) is 3. The highest BCUT2D eigenvalue weighted by molar-refractivity contribution is 9.11. The minimum absolute atomic E-state index is 0.808. The molecule has 0 aliphatic carbocycles. The Morgan fingerprint density at radius 1 is 1.06 bits per heavy atom. The molecule has 1 unspecified atom stereocenters. The van der Waals surface area contributed by atoms with Crippen LogP contribution < -0.4 is 0 Å². The molecule has 0 saturated carbocycles. The van der Waals surface area contributed by atoms with Gasteiger partial charge in [0.1, 0.15) is 0 Å². The van der Waals surface area contributed by atoms with Gasteiger partial charge in [0.15, 0.2) is 0 Å². The van der Waals surface area contributed by atoms with E-state index in [2.05, 4.69) is 41.9 Å². The maximum absolute atomic E-state index is 3.57. The summed E-state index contributed by atoms with van der Waals surface area (Å²) in [5, 5.41) is 0. The van der Waals surface area contributed by atoms with Crippen LogP contribution in [0.5, 0.6) is 0 Å². The molecule has 0 amide bonds. The highest BCUT2D eigenvalue weighted by atomic mass is 79.9. The molecule has 0 spiro atoms. The lowest BCUT2D eigenvalue weighted by molar-refractivity contribution is 0.521. The molecule has 16 heavy (non-hydrogen) atoms. The predicted molar refractivity (Wildman–Crippen MR) is 78.4 cm³/mol. The van der Waals surface area contributed by atoms with E-state index >= 15 is 0 Å². The maximum atomic E-state index is 3.57. The van der Waals surface area contributed by atoms with E-state index in [1.165, 1.54) is 48.7 Å². The summed E-state index contributed by atoms with van der Waals surface area (Å²) < 4.78 is 1.28. The number of hydrogen-bond donors (Lipinski definition) is 0. The van der Waals surface area contributed by atoms with E-state index in [0.29, 0.717) is 0 Å². The standard InChI is InChI=1S/C14H23BrS/c1-3-5-7-9-12(8-6-4-2)13-10-11-14(15)16-13/h10-12H,3-9H2,1-2H3.